The van der Waals surface area contributed by atoms with E-state index >= 15 is 0 Å². The van der Waals surface area contributed by atoms with Gasteiger partial charge in [0, 0.05) is 25.6 Å². The van der Waals surface area contributed by atoms with E-state index in [9.17, 15) is 9.59 Å². The van der Waals surface area contributed by atoms with Gasteiger partial charge in [-0.15, -0.1) is 0 Å². The number of rotatable bonds is 6. The van der Waals surface area contributed by atoms with E-state index in [0.717, 1.165) is 22.6 Å². The molecule has 2 amide bonds. The molecule has 0 aliphatic rings. The predicted molar refractivity (Wildman–Crippen MR) is 89.2 cm³/mol. The third kappa shape index (κ3) is 4.71. The van der Waals surface area contributed by atoms with E-state index in [-0.39, 0.29) is 18.4 Å². The fraction of sp³-hybridized carbons (Fsp3) is 0.333. The number of amides is 2. The Balaban J connectivity index is 1.84. The van der Waals surface area contributed by atoms with Gasteiger partial charge in [-0.2, -0.15) is 0 Å². The van der Waals surface area contributed by atoms with Crippen LogP contribution >= 0.6 is 0 Å². The number of benzene rings is 1. The van der Waals surface area contributed by atoms with Gasteiger partial charge in [-0.05, 0) is 43.2 Å². The van der Waals surface area contributed by atoms with Gasteiger partial charge in [0.05, 0.1) is 12.8 Å². The Morgan fingerprint density at radius 2 is 1.96 bits per heavy atom. The highest BCUT2D eigenvalue weighted by Gasteiger charge is 2.14. The summed E-state index contributed by atoms with van der Waals surface area (Å²) in [7, 11) is 1.63. The molecule has 23 heavy (non-hydrogen) atoms. The van der Waals surface area contributed by atoms with Gasteiger partial charge in [0.25, 0.3) is 0 Å². The topological polar surface area (TPSA) is 62.6 Å². The molecule has 122 valence electrons. The Bertz CT molecular complexity index is 678. The van der Waals surface area contributed by atoms with E-state index in [1.165, 1.54) is 4.90 Å². The first kappa shape index (κ1) is 16.8. The lowest BCUT2D eigenvalue weighted by atomic mass is 10.1. The molecule has 0 spiro atoms. The molecule has 2 rings (SSSR count). The van der Waals surface area contributed by atoms with Gasteiger partial charge >= 0.3 is 0 Å². The van der Waals surface area contributed by atoms with Gasteiger partial charge in [-0.1, -0.05) is 12.1 Å². The lowest BCUT2D eigenvalue weighted by Crippen LogP contribution is -2.35. The van der Waals surface area contributed by atoms with Crippen molar-refractivity contribution >= 4 is 17.5 Å². The molecule has 0 saturated carbocycles. The number of aryl methyl sites for hydroxylation is 2. The van der Waals surface area contributed by atoms with Crippen LogP contribution in [-0.2, 0) is 16.0 Å². The number of likely N-dealkylation sites (N-methyl/N-ethyl adjacent to an activating group) is 1. The molecule has 0 saturated heterocycles. The minimum Gasteiger partial charge on any atom is -0.469 e. The van der Waals surface area contributed by atoms with Crippen LogP contribution in [0.4, 0.5) is 5.69 Å². The molecular weight excluding hydrogens is 292 g/mol. The number of hydrogen-bond acceptors (Lipinski definition) is 3. The van der Waals surface area contributed by atoms with Crippen molar-refractivity contribution in [3.8, 4) is 0 Å². The van der Waals surface area contributed by atoms with Crippen LogP contribution in [-0.4, -0.2) is 30.3 Å². The SMILES string of the molecule is Cc1cccc(NC(=O)CN(C)C(=O)CCc2ccco2)c1C. The molecule has 5 heteroatoms. The lowest BCUT2D eigenvalue weighted by Gasteiger charge is -2.17. The van der Waals surface area contributed by atoms with Crippen LogP contribution in [0.3, 0.4) is 0 Å². The van der Waals surface area contributed by atoms with E-state index in [1.54, 1.807) is 19.4 Å². The number of carbonyl (C=O) groups excluding carboxylic acids is 2. The average Bonchev–Trinajstić information content (AvgIpc) is 3.02. The van der Waals surface area contributed by atoms with Crippen molar-refractivity contribution < 1.29 is 14.0 Å². The number of carbonyl (C=O) groups is 2. The Labute approximate surface area is 136 Å². The Morgan fingerprint density at radius 1 is 1.17 bits per heavy atom. The number of anilines is 1. The van der Waals surface area contributed by atoms with Gasteiger partial charge in [0.15, 0.2) is 0 Å². The second kappa shape index (κ2) is 7.63. The van der Waals surface area contributed by atoms with Crippen molar-refractivity contribution in [1.82, 2.24) is 4.90 Å². The Hall–Kier alpha value is -2.56. The molecule has 0 atom stereocenters. The highest BCUT2D eigenvalue weighted by atomic mass is 16.3. The molecule has 1 aromatic carbocycles. The molecule has 1 heterocycles. The van der Waals surface area contributed by atoms with E-state index < -0.39 is 0 Å². The number of nitrogens with one attached hydrogen (secondary N) is 1. The predicted octanol–water partition coefficient (Wildman–Crippen LogP) is 2.93. The number of furan rings is 1. The van der Waals surface area contributed by atoms with Crippen molar-refractivity contribution in [2.75, 3.05) is 18.9 Å². The Morgan fingerprint density at radius 3 is 2.65 bits per heavy atom. The normalized spacial score (nSPS) is 10.4. The van der Waals surface area contributed by atoms with Crippen LogP contribution in [0.25, 0.3) is 0 Å². The summed E-state index contributed by atoms with van der Waals surface area (Å²) < 4.78 is 5.20. The average molecular weight is 314 g/mol. The van der Waals surface area contributed by atoms with Gasteiger partial charge in [0.1, 0.15) is 5.76 Å². The standard InChI is InChI=1S/C18H22N2O3/c1-13-6-4-8-16(14(13)2)19-17(21)12-20(3)18(22)10-9-15-7-5-11-23-15/h4-8,11H,9-10,12H2,1-3H3,(H,19,21). The molecule has 0 radical (unpaired) electrons. The third-order valence-electron chi connectivity index (χ3n) is 3.85. The van der Waals surface area contributed by atoms with E-state index in [2.05, 4.69) is 5.32 Å². The maximum atomic E-state index is 12.1. The van der Waals surface area contributed by atoms with Crippen molar-refractivity contribution in [1.29, 1.82) is 0 Å². The second-order valence-electron chi connectivity index (χ2n) is 5.62. The van der Waals surface area contributed by atoms with Crippen LogP contribution < -0.4 is 5.32 Å². The summed E-state index contributed by atoms with van der Waals surface area (Å²) in [5.41, 5.74) is 2.93. The molecular formula is C18H22N2O3. The quantitative estimate of drug-likeness (QED) is 0.891. The van der Waals surface area contributed by atoms with Gasteiger partial charge < -0.3 is 14.6 Å². The highest BCUT2D eigenvalue weighted by Crippen LogP contribution is 2.17. The summed E-state index contributed by atoms with van der Waals surface area (Å²) >= 11 is 0. The van der Waals surface area contributed by atoms with E-state index in [1.807, 2.05) is 38.1 Å². The lowest BCUT2D eigenvalue weighted by molar-refractivity contribution is -0.133. The number of hydrogen-bond donors (Lipinski definition) is 1. The fourth-order valence-electron chi connectivity index (χ4n) is 2.26. The minimum atomic E-state index is -0.201. The molecule has 0 unspecified atom stereocenters. The van der Waals surface area contributed by atoms with Crippen molar-refractivity contribution in [3.63, 3.8) is 0 Å². The van der Waals surface area contributed by atoms with Crippen molar-refractivity contribution in [3.05, 3.63) is 53.5 Å². The summed E-state index contributed by atoms with van der Waals surface area (Å²) in [4.78, 5) is 25.6. The summed E-state index contributed by atoms with van der Waals surface area (Å²) in [5.74, 6) is 0.483. The second-order valence-corrected chi connectivity index (χ2v) is 5.62. The molecule has 1 N–H and O–H groups in total. The van der Waals surface area contributed by atoms with E-state index in [4.69, 9.17) is 4.42 Å². The fourth-order valence-corrected chi connectivity index (χ4v) is 2.26. The van der Waals surface area contributed by atoms with Crippen LogP contribution in [0, 0.1) is 13.8 Å². The first-order valence-electron chi connectivity index (χ1n) is 7.60. The zero-order chi connectivity index (χ0) is 16.8. The van der Waals surface area contributed by atoms with Crippen LogP contribution in [0.5, 0.6) is 0 Å². The molecule has 0 aliphatic carbocycles. The maximum Gasteiger partial charge on any atom is 0.243 e. The Kier molecular flexibility index (Phi) is 5.57. The summed E-state index contributed by atoms with van der Waals surface area (Å²) in [6.45, 7) is 3.99. The van der Waals surface area contributed by atoms with Crippen molar-refractivity contribution in [2.45, 2.75) is 26.7 Å². The van der Waals surface area contributed by atoms with E-state index in [0.29, 0.717) is 12.8 Å². The largest absolute Gasteiger partial charge is 0.469 e. The number of nitrogens with zero attached hydrogens (tertiary/aromatic N) is 1. The maximum absolute atomic E-state index is 12.1. The summed E-state index contributed by atoms with van der Waals surface area (Å²) in [6, 6.07) is 9.38. The van der Waals surface area contributed by atoms with Gasteiger partial charge in [-0.3, -0.25) is 9.59 Å². The van der Waals surface area contributed by atoms with Gasteiger partial charge in [0.2, 0.25) is 11.8 Å². The molecule has 0 aliphatic heterocycles. The van der Waals surface area contributed by atoms with Crippen LogP contribution in [0.1, 0.15) is 23.3 Å². The van der Waals surface area contributed by atoms with Crippen LogP contribution in [0.2, 0.25) is 0 Å². The minimum absolute atomic E-state index is 0.0321. The van der Waals surface area contributed by atoms with Crippen molar-refractivity contribution in [2.24, 2.45) is 0 Å². The first-order valence-corrected chi connectivity index (χ1v) is 7.60. The molecule has 2 aromatic rings. The summed E-state index contributed by atoms with van der Waals surface area (Å²) in [5, 5.41) is 2.86. The highest BCUT2D eigenvalue weighted by molar-refractivity contribution is 5.95. The van der Waals surface area contributed by atoms with Crippen LogP contribution in [0.15, 0.2) is 41.0 Å². The smallest absolute Gasteiger partial charge is 0.243 e. The molecule has 0 bridgehead atoms. The molecule has 1 aromatic heterocycles. The monoisotopic (exact) mass is 314 g/mol. The summed E-state index contributed by atoms with van der Waals surface area (Å²) in [6.07, 6.45) is 2.44. The third-order valence-corrected chi connectivity index (χ3v) is 3.85. The zero-order valence-corrected chi connectivity index (χ0v) is 13.8. The first-order chi connectivity index (χ1) is 11.0. The zero-order valence-electron chi connectivity index (χ0n) is 13.8. The van der Waals surface area contributed by atoms with Gasteiger partial charge in [-0.25, -0.2) is 0 Å². The molecule has 5 nitrogen and oxygen atoms in total. The molecule has 0 fully saturated rings.